The molecule has 0 aromatic heterocycles. The average Bonchev–Trinajstić information content (AvgIpc) is 3.21. The summed E-state index contributed by atoms with van der Waals surface area (Å²) in [6, 6.07) is 9.53. The first-order chi connectivity index (χ1) is 19.3. The molecule has 1 aromatic carbocycles. The fourth-order valence-electron chi connectivity index (χ4n) is 9.74. The van der Waals surface area contributed by atoms with E-state index in [0.29, 0.717) is 24.9 Å². The summed E-state index contributed by atoms with van der Waals surface area (Å²) < 4.78 is 19.2. The van der Waals surface area contributed by atoms with E-state index in [0.717, 1.165) is 36.2 Å². The first-order valence-electron chi connectivity index (χ1n) is 15.5. The lowest BCUT2D eigenvalue weighted by Crippen LogP contribution is -2.69. The number of esters is 1. The van der Waals surface area contributed by atoms with Gasteiger partial charge < -0.3 is 29.3 Å². The molecule has 2 N–H and O–H groups in total. The molecule has 1 spiro atoms. The van der Waals surface area contributed by atoms with Crippen LogP contribution in [-0.2, 0) is 19.0 Å². The highest BCUT2D eigenvalue weighted by Crippen LogP contribution is 2.73. The summed E-state index contributed by atoms with van der Waals surface area (Å²) in [6.45, 7) is 13.5. The monoisotopic (exact) mass is 563 g/mol. The first kappa shape index (κ1) is 27.6. The molecule has 0 amide bonds. The summed E-state index contributed by atoms with van der Waals surface area (Å²) in [6.07, 6.45) is 4.08. The normalized spacial score (nSPS) is 45.3. The van der Waals surface area contributed by atoms with Crippen molar-refractivity contribution in [2.24, 2.45) is 34.5 Å². The van der Waals surface area contributed by atoms with Crippen LogP contribution in [0.1, 0.15) is 60.8 Å². The smallest absolute Gasteiger partial charge is 0.329 e. The largest absolute Gasteiger partial charge is 0.453 e. The van der Waals surface area contributed by atoms with Gasteiger partial charge in [-0.15, -0.1) is 0 Å². The van der Waals surface area contributed by atoms with E-state index in [9.17, 15) is 15.0 Å². The van der Waals surface area contributed by atoms with Crippen molar-refractivity contribution in [1.82, 2.24) is 0 Å². The summed E-state index contributed by atoms with van der Waals surface area (Å²) in [7, 11) is 0. The molecule has 41 heavy (non-hydrogen) atoms. The summed E-state index contributed by atoms with van der Waals surface area (Å²) >= 11 is 0. The molecule has 2 bridgehead atoms. The van der Waals surface area contributed by atoms with Crippen LogP contribution in [0.4, 0.5) is 5.69 Å². The number of rotatable bonds is 3. The van der Waals surface area contributed by atoms with Gasteiger partial charge in [-0.2, -0.15) is 0 Å². The highest BCUT2D eigenvalue weighted by molar-refractivity contribution is 5.81. The van der Waals surface area contributed by atoms with Gasteiger partial charge in [0.1, 0.15) is 17.7 Å². The van der Waals surface area contributed by atoms with E-state index in [2.05, 4.69) is 37.8 Å². The number of benzene rings is 1. The minimum atomic E-state index is -1.69. The second-order valence-electron chi connectivity index (χ2n) is 14.7. The van der Waals surface area contributed by atoms with E-state index in [1.54, 1.807) is 0 Å². The van der Waals surface area contributed by atoms with Crippen LogP contribution >= 0.6 is 0 Å². The predicted octanol–water partition coefficient (Wildman–Crippen LogP) is 4.63. The molecule has 2 saturated carbocycles. The van der Waals surface area contributed by atoms with Gasteiger partial charge in [-0.3, -0.25) is 0 Å². The van der Waals surface area contributed by atoms with Gasteiger partial charge in [0.05, 0.1) is 18.1 Å². The van der Waals surface area contributed by atoms with Crippen molar-refractivity contribution >= 4 is 11.7 Å². The Morgan fingerprint density at radius 1 is 1.15 bits per heavy atom. The zero-order valence-electron chi connectivity index (χ0n) is 25.2. The fourth-order valence-corrected chi connectivity index (χ4v) is 9.74. The standard InChI is InChI=1S/C34H45NO6/c1-19-17-33-20(2)15-24-26(31(24,3)4)23(27(33)36)16-21-18-39-32(5,6)41-29(21)34(33,38)28(19)40-30(37)25-13-10-14-35(25)22-11-8-7-9-12-22/h7-9,11-12,16-17,20,23-29,36,38H,10,13-15,18H2,1-6H3/t20-,23+,24-,25+,26+,27?,28+,29-,33+,34-/m1/s1. The van der Waals surface area contributed by atoms with Crippen molar-refractivity contribution in [3.8, 4) is 0 Å². The zero-order chi connectivity index (χ0) is 29.1. The van der Waals surface area contributed by atoms with E-state index < -0.39 is 41.2 Å². The van der Waals surface area contributed by atoms with Crippen LogP contribution in [0.3, 0.4) is 0 Å². The molecule has 2 saturated heterocycles. The molecule has 1 aromatic rings. The lowest BCUT2D eigenvalue weighted by atomic mass is 9.58. The summed E-state index contributed by atoms with van der Waals surface area (Å²) in [5.41, 5.74) is -0.0137. The van der Waals surface area contributed by atoms with Gasteiger partial charge in [0.2, 0.25) is 0 Å². The Balaban J connectivity index is 1.31. The molecular formula is C34H45NO6. The quantitative estimate of drug-likeness (QED) is 0.410. The topological polar surface area (TPSA) is 88.5 Å². The summed E-state index contributed by atoms with van der Waals surface area (Å²) in [5.74, 6) is -0.741. The number of hydrogen-bond acceptors (Lipinski definition) is 7. The Morgan fingerprint density at radius 3 is 2.61 bits per heavy atom. The number of carbonyl (C=O) groups excluding carboxylic acids is 1. The minimum Gasteiger partial charge on any atom is -0.453 e. The van der Waals surface area contributed by atoms with Crippen molar-refractivity contribution in [3.63, 3.8) is 0 Å². The maximum atomic E-state index is 14.0. The van der Waals surface area contributed by atoms with E-state index in [4.69, 9.17) is 14.2 Å². The van der Waals surface area contributed by atoms with Crippen molar-refractivity contribution in [2.45, 2.75) is 96.5 Å². The molecular weight excluding hydrogens is 518 g/mol. The third-order valence-corrected chi connectivity index (χ3v) is 11.8. The van der Waals surface area contributed by atoms with Crippen LogP contribution in [0.25, 0.3) is 0 Å². The molecule has 6 aliphatic rings. The maximum absolute atomic E-state index is 14.0. The highest BCUT2D eigenvalue weighted by Gasteiger charge is 2.77. The molecule has 7 heteroatoms. The van der Waals surface area contributed by atoms with Crippen LogP contribution in [0, 0.1) is 34.5 Å². The van der Waals surface area contributed by atoms with Crippen LogP contribution < -0.4 is 4.90 Å². The molecule has 222 valence electrons. The van der Waals surface area contributed by atoms with Crippen molar-refractivity contribution in [3.05, 3.63) is 53.6 Å². The number of ether oxygens (including phenoxy) is 3. The van der Waals surface area contributed by atoms with E-state index in [-0.39, 0.29) is 23.2 Å². The van der Waals surface area contributed by atoms with Crippen molar-refractivity contribution < 1.29 is 29.2 Å². The summed E-state index contributed by atoms with van der Waals surface area (Å²) in [5, 5.41) is 25.7. The Labute approximate surface area is 243 Å². The molecule has 4 aliphatic carbocycles. The number of para-hydroxylation sites is 1. The second-order valence-corrected chi connectivity index (χ2v) is 14.7. The second kappa shape index (κ2) is 8.91. The lowest BCUT2D eigenvalue weighted by molar-refractivity contribution is -0.313. The number of hydrogen-bond donors (Lipinski definition) is 2. The Bertz CT molecular complexity index is 1300. The van der Waals surface area contributed by atoms with Gasteiger partial charge >= 0.3 is 5.97 Å². The SMILES string of the molecule is CC1=C[C@]23C(O)[C@@H](C=C4COC(C)(C)O[C@H]4[C@]2(O)[C@H]1OC(=O)[C@@H]1CCCN1c1ccccc1)[C@H]1[C@@H](C[C@H]3C)C1(C)C. The molecule has 2 aliphatic heterocycles. The number of fused-ring (bicyclic) bond motifs is 5. The minimum absolute atomic E-state index is 0.0602. The zero-order valence-corrected chi connectivity index (χ0v) is 25.2. The molecule has 2 heterocycles. The third kappa shape index (κ3) is 3.68. The molecule has 4 fully saturated rings. The van der Waals surface area contributed by atoms with Crippen LogP contribution in [0.2, 0.25) is 0 Å². The van der Waals surface area contributed by atoms with Gasteiger partial charge in [-0.05, 0) is 86.5 Å². The first-order valence-corrected chi connectivity index (χ1v) is 15.5. The van der Waals surface area contributed by atoms with Gasteiger partial charge in [-0.25, -0.2) is 4.79 Å². The van der Waals surface area contributed by atoms with Crippen LogP contribution in [0.5, 0.6) is 0 Å². The van der Waals surface area contributed by atoms with Gasteiger partial charge in [0.25, 0.3) is 0 Å². The Kier molecular flexibility index (Phi) is 6.01. The molecule has 0 radical (unpaired) electrons. The van der Waals surface area contributed by atoms with Crippen molar-refractivity contribution in [2.75, 3.05) is 18.1 Å². The Morgan fingerprint density at radius 2 is 1.88 bits per heavy atom. The van der Waals surface area contributed by atoms with E-state index in [1.807, 2.05) is 51.1 Å². The lowest BCUT2D eigenvalue weighted by Gasteiger charge is -2.55. The highest BCUT2D eigenvalue weighted by atomic mass is 16.7. The summed E-state index contributed by atoms with van der Waals surface area (Å²) in [4.78, 5) is 16.1. The number of aliphatic hydroxyl groups excluding tert-OH is 1. The van der Waals surface area contributed by atoms with E-state index >= 15 is 0 Å². The number of carbonyl (C=O) groups is 1. The molecule has 7 nitrogen and oxygen atoms in total. The van der Waals surface area contributed by atoms with Gasteiger partial charge in [0, 0.05) is 18.2 Å². The third-order valence-electron chi connectivity index (χ3n) is 11.8. The van der Waals surface area contributed by atoms with E-state index in [1.165, 1.54) is 0 Å². The Hall–Kier alpha value is -2.19. The van der Waals surface area contributed by atoms with Crippen LogP contribution in [-0.4, -0.2) is 65.1 Å². The van der Waals surface area contributed by atoms with Crippen LogP contribution in [0.15, 0.2) is 53.6 Å². The van der Waals surface area contributed by atoms with Gasteiger partial charge in [0.15, 0.2) is 11.9 Å². The fraction of sp³-hybridized carbons (Fsp3) is 0.676. The van der Waals surface area contributed by atoms with Crippen molar-refractivity contribution in [1.29, 1.82) is 0 Å². The average molecular weight is 564 g/mol. The predicted molar refractivity (Wildman–Crippen MR) is 155 cm³/mol. The number of nitrogens with zero attached hydrogens (tertiary/aromatic N) is 1. The number of anilines is 1. The molecule has 7 rings (SSSR count). The maximum Gasteiger partial charge on any atom is 0.329 e. The number of aliphatic hydroxyl groups is 2. The molecule has 10 atom stereocenters. The van der Waals surface area contributed by atoms with Gasteiger partial charge in [-0.1, -0.05) is 51.1 Å². The molecule has 1 unspecified atom stereocenters.